The Morgan fingerprint density at radius 3 is 2.53 bits per heavy atom. The fraction of sp³-hybridized carbons (Fsp3) is 0.600. The molecule has 1 aromatic carbocycles. The minimum Gasteiger partial charge on any atom is -0.385 e. The fourth-order valence-electron chi connectivity index (χ4n) is 2.48. The van der Waals surface area contributed by atoms with Crippen LogP contribution >= 0.6 is 0 Å². The van der Waals surface area contributed by atoms with Crippen LogP contribution < -0.4 is 5.73 Å². The fourth-order valence-corrected chi connectivity index (χ4v) is 2.48. The van der Waals surface area contributed by atoms with E-state index in [2.05, 4.69) is 32.0 Å². The molecule has 0 aliphatic rings. The highest BCUT2D eigenvalue weighted by Crippen LogP contribution is 2.34. The van der Waals surface area contributed by atoms with E-state index in [-0.39, 0.29) is 5.92 Å². The third-order valence-corrected chi connectivity index (χ3v) is 3.65. The monoisotopic (exact) mass is 235 g/mol. The predicted octanol–water partition coefficient (Wildman–Crippen LogP) is 2.89. The molecule has 1 aromatic rings. The molecule has 0 saturated carbocycles. The van der Waals surface area contributed by atoms with Crippen molar-refractivity contribution >= 4 is 0 Å². The van der Waals surface area contributed by atoms with Gasteiger partial charge in [-0.15, -0.1) is 0 Å². The summed E-state index contributed by atoms with van der Waals surface area (Å²) < 4.78 is 0. The van der Waals surface area contributed by atoms with Crippen molar-refractivity contribution in [1.82, 2.24) is 0 Å². The average Bonchev–Trinajstić information content (AvgIpc) is 2.28. The molecular weight excluding hydrogens is 210 g/mol. The number of aryl methyl sites for hydroxylation is 2. The lowest BCUT2D eigenvalue weighted by atomic mass is 9.78. The molecule has 0 heterocycles. The Bertz CT molecular complexity index is 371. The second-order valence-electron chi connectivity index (χ2n) is 5.19. The number of hydrogen-bond acceptors (Lipinski definition) is 2. The lowest BCUT2D eigenvalue weighted by Gasteiger charge is -2.34. The molecule has 0 fully saturated rings. The lowest BCUT2D eigenvalue weighted by Crippen LogP contribution is -2.37. The molecular formula is C15H25NO. The third-order valence-electron chi connectivity index (χ3n) is 3.65. The molecule has 2 atom stereocenters. The van der Waals surface area contributed by atoms with Crippen LogP contribution in [0.5, 0.6) is 0 Å². The van der Waals surface area contributed by atoms with Crippen molar-refractivity contribution in [2.45, 2.75) is 46.1 Å². The van der Waals surface area contributed by atoms with Crippen molar-refractivity contribution in [3.05, 3.63) is 34.9 Å². The molecule has 0 spiro atoms. The van der Waals surface area contributed by atoms with Crippen molar-refractivity contribution in [3.63, 3.8) is 0 Å². The van der Waals surface area contributed by atoms with Gasteiger partial charge in [-0.1, -0.05) is 37.1 Å². The average molecular weight is 235 g/mol. The molecule has 0 amide bonds. The van der Waals surface area contributed by atoms with E-state index in [0.717, 1.165) is 24.0 Å². The molecule has 0 aliphatic carbocycles. The molecule has 2 heteroatoms. The maximum atomic E-state index is 10.8. The van der Waals surface area contributed by atoms with Crippen LogP contribution in [-0.4, -0.2) is 11.7 Å². The summed E-state index contributed by atoms with van der Waals surface area (Å²) in [4.78, 5) is 0. The highest BCUT2D eigenvalue weighted by molar-refractivity contribution is 5.35. The van der Waals surface area contributed by atoms with E-state index in [0.29, 0.717) is 6.54 Å². The Balaban J connectivity index is 3.13. The largest absolute Gasteiger partial charge is 0.385 e. The maximum Gasteiger partial charge on any atom is 0.0911 e. The van der Waals surface area contributed by atoms with E-state index < -0.39 is 5.60 Å². The quantitative estimate of drug-likeness (QED) is 0.824. The standard InChI is InChI=1S/C15H25NO/c1-5-6-13(10-16)15(4,17)14-9-11(2)7-8-12(14)3/h7-9,13,17H,5-6,10,16H2,1-4H3. The van der Waals surface area contributed by atoms with Crippen LogP contribution in [0.4, 0.5) is 0 Å². The topological polar surface area (TPSA) is 46.2 Å². The molecule has 0 bridgehead atoms. The minimum atomic E-state index is -0.832. The Kier molecular flexibility index (Phi) is 4.72. The van der Waals surface area contributed by atoms with Crippen molar-refractivity contribution in [1.29, 1.82) is 0 Å². The Morgan fingerprint density at radius 1 is 1.35 bits per heavy atom. The third kappa shape index (κ3) is 3.08. The minimum absolute atomic E-state index is 0.119. The summed E-state index contributed by atoms with van der Waals surface area (Å²) in [7, 11) is 0. The lowest BCUT2D eigenvalue weighted by molar-refractivity contribution is -0.00686. The van der Waals surface area contributed by atoms with Crippen LogP contribution in [0.1, 0.15) is 43.4 Å². The van der Waals surface area contributed by atoms with E-state index in [9.17, 15) is 5.11 Å². The van der Waals surface area contributed by atoms with Crippen molar-refractivity contribution in [3.8, 4) is 0 Å². The first kappa shape index (κ1) is 14.2. The van der Waals surface area contributed by atoms with Crippen molar-refractivity contribution < 1.29 is 5.11 Å². The molecule has 17 heavy (non-hydrogen) atoms. The zero-order valence-corrected chi connectivity index (χ0v) is 11.5. The second kappa shape index (κ2) is 5.65. The van der Waals surface area contributed by atoms with Gasteiger partial charge in [0.15, 0.2) is 0 Å². The van der Waals surface area contributed by atoms with E-state index >= 15 is 0 Å². The highest BCUT2D eigenvalue weighted by atomic mass is 16.3. The normalized spacial score (nSPS) is 16.6. The molecule has 0 saturated heterocycles. The molecule has 96 valence electrons. The van der Waals surface area contributed by atoms with Gasteiger partial charge in [0.05, 0.1) is 5.60 Å². The molecule has 2 unspecified atom stereocenters. The summed E-state index contributed by atoms with van der Waals surface area (Å²) in [6, 6.07) is 6.22. The molecule has 0 aliphatic heterocycles. The van der Waals surface area contributed by atoms with Crippen LogP contribution in [0.3, 0.4) is 0 Å². The number of benzene rings is 1. The van der Waals surface area contributed by atoms with E-state index in [4.69, 9.17) is 5.73 Å². The van der Waals surface area contributed by atoms with Crippen molar-refractivity contribution in [2.24, 2.45) is 11.7 Å². The summed E-state index contributed by atoms with van der Waals surface area (Å²) >= 11 is 0. The first-order valence-electron chi connectivity index (χ1n) is 6.43. The van der Waals surface area contributed by atoms with Crippen LogP contribution in [0.2, 0.25) is 0 Å². The van der Waals surface area contributed by atoms with E-state index in [1.165, 1.54) is 5.56 Å². The van der Waals surface area contributed by atoms with E-state index in [1.807, 2.05) is 13.8 Å². The zero-order chi connectivity index (χ0) is 13.1. The SMILES string of the molecule is CCCC(CN)C(C)(O)c1cc(C)ccc1C. The van der Waals surface area contributed by atoms with Crippen LogP contribution in [-0.2, 0) is 5.60 Å². The van der Waals surface area contributed by atoms with Crippen LogP contribution in [0.25, 0.3) is 0 Å². The second-order valence-corrected chi connectivity index (χ2v) is 5.19. The first-order chi connectivity index (χ1) is 7.93. The Morgan fingerprint density at radius 2 is 2.00 bits per heavy atom. The van der Waals surface area contributed by atoms with Gasteiger partial charge >= 0.3 is 0 Å². The van der Waals surface area contributed by atoms with Gasteiger partial charge in [-0.2, -0.15) is 0 Å². The number of aliphatic hydroxyl groups is 1. The van der Waals surface area contributed by atoms with Crippen LogP contribution in [0, 0.1) is 19.8 Å². The first-order valence-corrected chi connectivity index (χ1v) is 6.43. The van der Waals surface area contributed by atoms with Gasteiger partial charge in [0.1, 0.15) is 0 Å². The van der Waals surface area contributed by atoms with Gasteiger partial charge in [0, 0.05) is 5.92 Å². The van der Waals surface area contributed by atoms with Gasteiger partial charge in [-0.25, -0.2) is 0 Å². The summed E-state index contributed by atoms with van der Waals surface area (Å²) in [5.41, 5.74) is 8.31. The molecule has 1 rings (SSSR count). The summed E-state index contributed by atoms with van der Waals surface area (Å²) in [6.07, 6.45) is 2.00. The Labute approximate surface area is 105 Å². The van der Waals surface area contributed by atoms with Gasteiger partial charge in [-0.05, 0) is 44.9 Å². The number of hydrogen-bond donors (Lipinski definition) is 2. The maximum absolute atomic E-state index is 10.8. The van der Waals surface area contributed by atoms with Crippen LogP contribution in [0.15, 0.2) is 18.2 Å². The zero-order valence-electron chi connectivity index (χ0n) is 11.5. The summed E-state index contributed by atoms with van der Waals surface area (Å²) in [6.45, 7) is 8.64. The molecule has 2 nitrogen and oxygen atoms in total. The predicted molar refractivity (Wildman–Crippen MR) is 72.9 cm³/mol. The van der Waals surface area contributed by atoms with Gasteiger partial charge in [-0.3, -0.25) is 0 Å². The van der Waals surface area contributed by atoms with Gasteiger partial charge in [0.2, 0.25) is 0 Å². The van der Waals surface area contributed by atoms with Gasteiger partial charge < -0.3 is 10.8 Å². The smallest absolute Gasteiger partial charge is 0.0911 e. The van der Waals surface area contributed by atoms with Gasteiger partial charge in [0.25, 0.3) is 0 Å². The van der Waals surface area contributed by atoms with E-state index in [1.54, 1.807) is 0 Å². The Hall–Kier alpha value is -0.860. The number of rotatable bonds is 5. The number of nitrogens with two attached hydrogens (primary N) is 1. The summed E-state index contributed by atoms with van der Waals surface area (Å²) in [5, 5.41) is 10.8. The van der Waals surface area contributed by atoms with Crippen molar-refractivity contribution in [2.75, 3.05) is 6.54 Å². The highest BCUT2D eigenvalue weighted by Gasteiger charge is 2.33. The molecule has 3 N–H and O–H groups in total. The molecule has 0 aromatic heterocycles. The molecule has 0 radical (unpaired) electrons. The summed E-state index contributed by atoms with van der Waals surface area (Å²) in [5.74, 6) is 0.119.